The number of carbonyl (C=O) groups excluding carboxylic acids is 2. The first-order chi connectivity index (χ1) is 18.3. The maximum Gasteiger partial charge on any atom is 0.264 e. The van der Waals surface area contributed by atoms with Crippen LogP contribution >= 0.6 is 0 Å². The van der Waals surface area contributed by atoms with Crippen LogP contribution in [0.2, 0.25) is 0 Å². The molecule has 208 valence electrons. The molecule has 0 radical (unpaired) electrons. The Labute approximate surface area is 232 Å². The molecule has 0 aliphatic carbocycles. The SMILES string of the molecule is CCC(C(=O)NC(C)(C)C)N(Cc1ccc(C)cc1)C(=O)CN(c1cccc(C)c1)S(=O)(=O)c1ccccc1. The van der Waals surface area contributed by atoms with Gasteiger partial charge in [0.15, 0.2) is 0 Å². The summed E-state index contributed by atoms with van der Waals surface area (Å²) in [5.74, 6) is -0.744. The van der Waals surface area contributed by atoms with Gasteiger partial charge in [-0.05, 0) is 76.4 Å². The quantitative estimate of drug-likeness (QED) is 0.376. The summed E-state index contributed by atoms with van der Waals surface area (Å²) in [6.45, 7) is 11.1. The van der Waals surface area contributed by atoms with Crippen LogP contribution in [0.25, 0.3) is 0 Å². The third-order valence-electron chi connectivity index (χ3n) is 6.26. The monoisotopic (exact) mass is 549 g/mol. The summed E-state index contributed by atoms with van der Waals surface area (Å²) in [5.41, 5.74) is 2.68. The number of aryl methyl sites for hydroxylation is 2. The lowest BCUT2D eigenvalue weighted by Gasteiger charge is -2.34. The van der Waals surface area contributed by atoms with Gasteiger partial charge in [0.1, 0.15) is 12.6 Å². The van der Waals surface area contributed by atoms with Gasteiger partial charge in [-0.3, -0.25) is 13.9 Å². The van der Waals surface area contributed by atoms with Crippen molar-refractivity contribution in [3.8, 4) is 0 Å². The minimum Gasteiger partial charge on any atom is -0.350 e. The largest absolute Gasteiger partial charge is 0.350 e. The number of amides is 2. The molecule has 0 saturated heterocycles. The molecule has 0 bridgehead atoms. The number of hydrogen-bond acceptors (Lipinski definition) is 4. The van der Waals surface area contributed by atoms with Crippen molar-refractivity contribution >= 4 is 27.5 Å². The average Bonchev–Trinajstić information content (AvgIpc) is 2.87. The number of anilines is 1. The maximum absolute atomic E-state index is 14.1. The first kappa shape index (κ1) is 29.9. The lowest BCUT2D eigenvalue weighted by molar-refractivity contribution is -0.141. The summed E-state index contributed by atoms with van der Waals surface area (Å²) in [6, 6.07) is 22.1. The Hall–Kier alpha value is -3.65. The summed E-state index contributed by atoms with van der Waals surface area (Å²) >= 11 is 0. The lowest BCUT2D eigenvalue weighted by atomic mass is 10.1. The van der Waals surface area contributed by atoms with Crippen LogP contribution in [-0.2, 0) is 26.2 Å². The molecule has 0 saturated carbocycles. The Balaban J connectivity index is 2.06. The van der Waals surface area contributed by atoms with Crippen LogP contribution in [0.15, 0.2) is 83.8 Å². The highest BCUT2D eigenvalue weighted by molar-refractivity contribution is 7.92. The fraction of sp³-hybridized carbons (Fsp3) is 0.355. The molecule has 0 heterocycles. The number of nitrogens with zero attached hydrogens (tertiary/aromatic N) is 2. The first-order valence-electron chi connectivity index (χ1n) is 13.1. The smallest absolute Gasteiger partial charge is 0.264 e. The molecule has 0 fully saturated rings. The van der Waals surface area contributed by atoms with Gasteiger partial charge < -0.3 is 10.2 Å². The molecule has 0 aliphatic rings. The van der Waals surface area contributed by atoms with Crippen LogP contribution in [0, 0.1) is 13.8 Å². The van der Waals surface area contributed by atoms with E-state index < -0.39 is 34.1 Å². The van der Waals surface area contributed by atoms with Crippen molar-refractivity contribution in [1.29, 1.82) is 0 Å². The van der Waals surface area contributed by atoms with Crippen molar-refractivity contribution in [3.63, 3.8) is 0 Å². The summed E-state index contributed by atoms with van der Waals surface area (Å²) < 4.78 is 28.8. The van der Waals surface area contributed by atoms with Crippen molar-refractivity contribution in [3.05, 3.63) is 95.6 Å². The number of benzene rings is 3. The molecule has 1 unspecified atom stereocenters. The number of rotatable bonds is 10. The second kappa shape index (κ2) is 12.5. The Morgan fingerprint density at radius 1 is 0.872 bits per heavy atom. The molecule has 3 aromatic carbocycles. The minimum atomic E-state index is -4.07. The third-order valence-corrected chi connectivity index (χ3v) is 8.05. The Bertz CT molecular complexity index is 1380. The van der Waals surface area contributed by atoms with E-state index in [0.29, 0.717) is 12.1 Å². The fourth-order valence-electron chi connectivity index (χ4n) is 4.29. The zero-order valence-corrected chi connectivity index (χ0v) is 24.5. The fourth-order valence-corrected chi connectivity index (χ4v) is 5.72. The highest BCUT2D eigenvalue weighted by Gasteiger charge is 2.34. The standard InChI is InChI=1S/C31H39N3O4S/c1-7-28(30(36)32-31(4,5)6)33(21-25-18-16-23(2)17-19-25)29(35)22-34(26-13-11-12-24(3)20-26)39(37,38)27-14-9-8-10-15-27/h8-20,28H,7,21-22H2,1-6H3,(H,32,36). The van der Waals surface area contributed by atoms with E-state index in [-0.39, 0.29) is 17.3 Å². The molecule has 8 heteroatoms. The van der Waals surface area contributed by atoms with Gasteiger partial charge in [0.05, 0.1) is 10.6 Å². The van der Waals surface area contributed by atoms with Gasteiger partial charge in [-0.25, -0.2) is 8.42 Å². The summed E-state index contributed by atoms with van der Waals surface area (Å²) in [7, 11) is -4.07. The van der Waals surface area contributed by atoms with E-state index in [4.69, 9.17) is 0 Å². The van der Waals surface area contributed by atoms with E-state index >= 15 is 0 Å². The highest BCUT2D eigenvalue weighted by Crippen LogP contribution is 2.25. The third kappa shape index (κ3) is 7.93. The van der Waals surface area contributed by atoms with Crippen LogP contribution in [0.3, 0.4) is 0 Å². The van der Waals surface area contributed by atoms with E-state index in [9.17, 15) is 18.0 Å². The zero-order valence-electron chi connectivity index (χ0n) is 23.6. The molecule has 7 nitrogen and oxygen atoms in total. The average molecular weight is 550 g/mol. The molecule has 0 aliphatic heterocycles. The molecule has 39 heavy (non-hydrogen) atoms. The van der Waals surface area contributed by atoms with Crippen LogP contribution in [0.1, 0.15) is 50.8 Å². The molecule has 1 N–H and O–H groups in total. The highest BCUT2D eigenvalue weighted by atomic mass is 32.2. The Kier molecular flexibility index (Phi) is 9.56. The molecular formula is C31H39N3O4S. The second-order valence-corrected chi connectivity index (χ2v) is 12.7. The van der Waals surface area contributed by atoms with E-state index in [1.54, 1.807) is 36.4 Å². The molecule has 3 rings (SSSR count). The van der Waals surface area contributed by atoms with Crippen molar-refractivity contribution in [2.24, 2.45) is 0 Å². The van der Waals surface area contributed by atoms with Gasteiger partial charge in [-0.15, -0.1) is 0 Å². The lowest BCUT2D eigenvalue weighted by Crippen LogP contribution is -2.55. The van der Waals surface area contributed by atoms with Crippen LogP contribution < -0.4 is 9.62 Å². The number of sulfonamides is 1. The number of nitrogens with one attached hydrogen (secondary N) is 1. The summed E-state index contributed by atoms with van der Waals surface area (Å²) in [6.07, 6.45) is 0.370. The predicted octanol–water partition coefficient (Wildman–Crippen LogP) is 5.22. The molecule has 2 amide bonds. The van der Waals surface area contributed by atoms with Gasteiger partial charge >= 0.3 is 0 Å². The van der Waals surface area contributed by atoms with Crippen molar-refractivity contribution in [2.45, 2.75) is 71.0 Å². The van der Waals surface area contributed by atoms with Crippen LogP contribution in [0.5, 0.6) is 0 Å². The molecule has 0 aromatic heterocycles. The second-order valence-electron chi connectivity index (χ2n) is 10.8. The minimum absolute atomic E-state index is 0.0851. The molecule has 3 aromatic rings. The summed E-state index contributed by atoms with van der Waals surface area (Å²) in [5, 5.41) is 2.98. The Morgan fingerprint density at radius 3 is 2.08 bits per heavy atom. The predicted molar refractivity (Wildman–Crippen MR) is 156 cm³/mol. The Morgan fingerprint density at radius 2 is 1.51 bits per heavy atom. The maximum atomic E-state index is 14.1. The van der Waals surface area contributed by atoms with Crippen molar-refractivity contribution in [1.82, 2.24) is 10.2 Å². The van der Waals surface area contributed by atoms with Crippen molar-refractivity contribution in [2.75, 3.05) is 10.8 Å². The van der Waals surface area contributed by atoms with Gasteiger partial charge in [0.2, 0.25) is 11.8 Å². The topological polar surface area (TPSA) is 86.8 Å². The van der Waals surface area contributed by atoms with Gasteiger partial charge in [-0.2, -0.15) is 0 Å². The van der Waals surface area contributed by atoms with Crippen LogP contribution in [0.4, 0.5) is 5.69 Å². The van der Waals surface area contributed by atoms with Gasteiger partial charge in [-0.1, -0.05) is 67.1 Å². The number of carbonyl (C=O) groups is 2. The van der Waals surface area contributed by atoms with E-state index in [1.165, 1.54) is 17.0 Å². The number of hydrogen-bond donors (Lipinski definition) is 1. The van der Waals surface area contributed by atoms with Gasteiger partial charge in [0.25, 0.3) is 10.0 Å². The summed E-state index contributed by atoms with van der Waals surface area (Å²) in [4.78, 5) is 29.0. The van der Waals surface area contributed by atoms with E-state index in [1.807, 2.05) is 71.9 Å². The molecular weight excluding hydrogens is 510 g/mol. The zero-order chi connectivity index (χ0) is 28.8. The van der Waals surface area contributed by atoms with Crippen molar-refractivity contribution < 1.29 is 18.0 Å². The van der Waals surface area contributed by atoms with Gasteiger partial charge in [0, 0.05) is 12.1 Å². The van der Waals surface area contributed by atoms with E-state index in [2.05, 4.69) is 5.32 Å². The molecule has 0 spiro atoms. The van der Waals surface area contributed by atoms with Crippen LogP contribution in [-0.4, -0.2) is 43.3 Å². The normalized spacial score (nSPS) is 12.5. The first-order valence-corrected chi connectivity index (χ1v) is 14.6. The van der Waals surface area contributed by atoms with E-state index in [0.717, 1.165) is 21.0 Å². The molecule has 1 atom stereocenters.